The summed E-state index contributed by atoms with van der Waals surface area (Å²) in [6.07, 6.45) is 0.510. The molecular weight excluding hydrogens is 242 g/mol. The van der Waals surface area contributed by atoms with Crippen molar-refractivity contribution < 1.29 is 14.1 Å². The van der Waals surface area contributed by atoms with Crippen molar-refractivity contribution in [3.63, 3.8) is 0 Å². The van der Waals surface area contributed by atoms with Crippen LogP contribution in [-0.4, -0.2) is 21.5 Å². The Bertz CT molecular complexity index is 687. The summed E-state index contributed by atoms with van der Waals surface area (Å²) in [5, 5.41) is 10.5. The molecule has 0 atom stereocenters. The lowest BCUT2D eigenvalue weighted by Gasteiger charge is -1.99. The minimum atomic E-state index is -0.661. The summed E-state index contributed by atoms with van der Waals surface area (Å²) in [6, 6.07) is 2.57. The van der Waals surface area contributed by atoms with Gasteiger partial charge >= 0.3 is 5.88 Å². The molecular formula is C10H7N3O5. The zero-order valence-electron chi connectivity index (χ0n) is 9.00. The van der Waals surface area contributed by atoms with Gasteiger partial charge in [-0.25, -0.2) is 0 Å². The first kappa shape index (κ1) is 10.5. The Morgan fingerprint density at radius 3 is 3.00 bits per heavy atom. The summed E-state index contributed by atoms with van der Waals surface area (Å²) in [7, 11) is 0. The van der Waals surface area contributed by atoms with Crippen molar-refractivity contribution in [3.05, 3.63) is 38.2 Å². The first-order chi connectivity index (χ1) is 8.65. The SMILES string of the molecule is O=c1[nH]c(-c2ccc([N+](=O)[O-])o2)nc2c1CCO2. The molecule has 1 N–H and O–H groups in total. The number of aromatic amines is 1. The molecule has 3 heterocycles. The third kappa shape index (κ3) is 1.54. The van der Waals surface area contributed by atoms with Gasteiger partial charge in [0.1, 0.15) is 4.92 Å². The smallest absolute Gasteiger partial charge is 0.433 e. The van der Waals surface area contributed by atoms with Crippen LogP contribution in [0.4, 0.5) is 5.88 Å². The predicted molar refractivity (Wildman–Crippen MR) is 58.4 cm³/mol. The summed E-state index contributed by atoms with van der Waals surface area (Å²) < 4.78 is 10.1. The molecule has 3 rings (SSSR count). The van der Waals surface area contributed by atoms with Gasteiger partial charge in [0.25, 0.3) is 5.56 Å². The van der Waals surface area contributed by atoms with Gasteiger partial charge in [-0.2, -0.15) is 4.98 Å². The van der Waals surface area contributed by atoms with Crippen molar-refractivity contribution in [2.45, 2.75) is 6.42 Å². The molecule has 8 nitrogen and oxygen atoms in total. The molecule has 0 radical (unpaired) electrons. The average Bonchev–Trinajstić information content (AvgIpc) is 2.97. The van der Waals surface area contributed by atoms with Crippen LogP contribution in [0.15, 0.2) is 21.3 Å². The number of furan rings is 1. The Morgan fingerprint density at radius 2 is 2.28 bits per heavy atom. The largest absolute Gasteiger partial charge is 0.477 e. The van der Waals surface area contributed by atoms with Crippen LogP contribution in [0.25, 0.3) is 11.6 Å². The summed E-state index contributed by atoms with van der Waals surface area (Å²) >= 11 is 0. The highest BCUT2D eigenvalue weighted by Gasteiger charge is 2.21. The van der Waals surface area contributed by atoms with E-state index >= 15 is 0 Å². The number of aromatic nitrogens is 2. The van der Waals surface area contributed by atoms with Crippen LogP contribution in [-0.2, 0) is 6.42 Å². The van der Waals surface area contributed by atoms with Gasteiger partial charge in [-0.15, -0.1) is 0 Å². The second-order valence-electron chi connectivity index (χ2n) is 3.69. The van der Waals surface area contributed by atoms with Crippen molar-refractivity contribution in [2.75, 3.05) is 6.61 Å². The molecule has 0 saturated heterocycles. The Hall–Kier alpha value is -2.64. The highest BCUT2D eigenvalue weighted by atomic mass is 16.6. The van der Waals surface area contributed by atoms with Gasteiger partial charge in [0.2, 0.25) is 5.88 Å². The molecule has 0 saturated carbocycles. The zero-order chi connectivity index (χ0) is 12.7. The number of hydrogen-bond acceptors (Lipinski definition) is 6. The van der Waals surface area contributed by atoms with Crippen LogP contribution in [0.5, 0.6) is 5.88 Å². The van der Waals surface area contributed by atoms with Crippen molar-refractivity contribution in [1.82, 2.24) is 9.97 Å². The normalized spacial score (nSPS) is 13.1. The second-order valence-corrected chi connectivity index (χ2v) is 3.69. The Labute approximate surface area is 99.4 Å². The van der Waals surface area contributed by atoms with E-state index in [1.807, 2.05) is 0 Å². The van der Waals surface area contributed by atoms with Gasteiger partial charge < -0.3 is 14.1 Å². The van der Waals surface area contributed by atoms with Gasteiger partial charge in [0.15, 0.2) is 11.6 Å². The predicted octanol–water partition coefficient (Wildman–Crippen LogP) is 0.873. The van der Waals surface area contributed by atoms with Gasteiger partial charge in [-0.3, -0.25) is 14.9 Å². The third-order valence-electron chi connectivity index (χ3n) is 2.57. The fraction of sp³-hybridized carbons (Fsp3) is 0.200. The Balaban J connectivity index is 2.09. The number of rotatable bonds is 2. The summed E-state index contributed by atoms with van der Waals surface area (Å²) in [5.74, 6) is 0.0905. The molecule has 0 unspecified atom stereocenters. The van der Waals surface area contributed by atoms with Crippen molar-refractivity contribution >= 4 is 5.88 Å². The number of hydrogen-bond donors (Lipinski definition) is 1. The van der Waals surface area contributed by atoms with Gasteiger partial charge in [-0.05, 0) is 6.07 Å². The van der Waals surface area contributed by atoms with E-state index in [4.69, 9.17) is 9.15 Å². The number of H-pyrrole nitrogens is 1. The highest BCUT2D eigenvalue weighted by molar-refractivity contribution is 5.50. The maximum Gasteiger partial charge on any atom is 0.433 e. The fourth-order valence-electron chi connectivity index (χ4n) is 1.74. The molecule has 2 aromatic rings. The molecule has 1 aliphatic rings. The topological polar surface area (TPSA) is 111 Å². The van der Waals surface area contributed by atoms with Crippen LogP contribution in [0.3, 0.4) is 0 Å². The summed E-state index contributed by atoms with van der Waals surface area (Å²) in [5.41, 5.74) is 0.173. The van der Waals surface area contributed by atoms with Crippen molar-refractivity contribution in [3.8, 4) is 17.5 Å². The zero-order valence-corrected chi connectivity index (χ0v) is 9.00. The lowest BCUT2D eigenvalue weighted by atomic mass is 10.2. The molecule has 8 heteroatoms. The maximum atomic E-state index is 11.7. The van der Waals surface area contributed by atoms with Crippen LogP contribution < -0.4 is 10.3 Å². The van der Waals surface area contributed by atoms with Crippen molar-refractivity contribution in [2.24, 2.45) is 0 Å². The van der Waals surface area contributed by atoms with E-state index in [2.05, 4.69) is 9.97 Å². The first-order valence-corrected chi connectivity index (χ1v) is 5.16. The summed E-state index contributed by atoms with van der Waals surface area (Å²) in [6.45, 7) is 0.410. The Kier molecular flexibility index (Phi) is 2.15. The lowest BCUT2D eigenvalue weighted by molar-refractivity contribution is -0.401. The van der Waals surface area contributed by atoms with Crippen molar-refractivity contribution in [1.29, 1.82) is 0 Å². The second kappa shape index (κ2) is 3.69. The number of nitrogens with zero attached hydrogens (tertiary/aromatic N) is 2. The van der Waals surface area contributed by atoms with E-state index in [0.29, 0.717) is 18.6 Å². The number of nitro groups is 1. The quantitative estimate of drug-likeness (QED) is 0.624. The third-order valence-corrected chi connectivity index (χ3v) is 2.57. The van der Waals surface area contributed by atoms with Crippen LogP contribution in [0.1, 0.15) is 5.56 Å². The van der Waals surface area contributed by atoms with Gasteiger partial charge in [0, 0.05) is 6.42 Å². The molecule has 18 heavy (non-hydrogen) atoms. The van der Waals surface area contributed by atoms with E-state index in [-0.39, 0.29) is 23.0 Å². The van der Waals surface area contributed by atoms with E-state index < -0.39 is 10.8 Å². The van der Waals surface area contributed by atoms with E-state index in [1.165, 1.54) is 12.1 Å². The molecule has 0 aromatic carbocycles. The number of fused-ring (bicyclic) bond motifs is 1. The molecule has 0 bridgehead atoms. The van der Waals surface area contributed by atoms with Gasteiger partial charge in [0.05, 0.1) is 18.2 Å². The minimum absolute atomic E-state index is 0.119. The highest BCUT2D eigenvalue weighted by Crippen LogP contribution is 2.26. The molecule has 1 aliphatic heterocycles. The molecule has 0 amide bonds. The minimum Gasteiger partial charge on any atom is -0.477 e. The van der Waals surface area contributed by atoms with Gasteiger partial charge in [-0.1, -0.05) is 0 Å². The van der Waals surface area contributed by atoms with Crippen LogP contribution >= 0.6 is 0 Å². The molecule has 0 spiro atoms. The molecule has 2 aromatic heterocycles. The fourth-order valence-corrected chi connectivity index (χ4v) is 1.74. The van der Waals surface area contributed by atoms with E-state index in [0.717, 1.165) is 0 Å². The van der Waals surface area contributed by atoms with Crippen LogP contribution in [0, 0.1) is 10.1 Å². The average molecular weight is 249 g/mol. The Morgan fingerprint density at radius 1 is 1.44 bits per heavy atom. The summed E-state index contributed by atoms with van der Waals surface area (Å²) in [4.78, 5) is 28.1. The van der Waals surface area contributed by atoms with E-state index in [1.54, 1.807) is 0 Å². The number of ether oxygens (including phenoxy) is 1. The monoisotopic (exact) mass is 249 g/mol. The number of nitrogens with one attached hydrogen (secondary N) is 1. The van der Waals surface area contributed by atoms with Crippen LogP contribution in [0.2, 0.25) is 0 Å². The maximum absolute atomic E-state index is 11.7. The molecule has 0 fully saturated rings. The van der Waals surface area contributed by atoms with E-state index in [9.17, 15) is 14.9 Å². The molecule has 92 valence electrons. The first-order valence-electron chi connectivity index (χ1n) is 5.16. The standard InChI is InChI=1S/C10H7N3O5/c14-9-5-3-4-17-10(5)12-8(11-9)6-1-2-7(18-6)13(15)16/h1-2H,3-4H2,(H,11,12,14). The lowest BCUT2D eigenvalue weighted by Crippen LogP contribution is -2.12. The molecule has 0 aliphatic carbocycles.